The highest BCUT2D eigenvalue weighted by Gasteiger charge is 2.30. The molecule has 2 aromatic rings. The lowest BCUT2D eigenvalue weighted by atomic mass is 10.1. The van der Waals surface area contributed by atoms with E-state index < -0.39 is 11.6 Å². The summed E-state index contributed by atoms with van der Waals surface area (Å²) in [5, 5.41) is 9.08. The molecule has 0 spiro atoms. The van der Waals surface area contributed by atoms with Gasteiger partial charge in [0.1, 0.15) is 12.0 Å². The van der Waals surface area contributed by atoms with E-state index in [-0.39, 0.29) is 11.3 Å². The Morgan fingerprint density at radius 1 is 1.45 bits per heavy atom. The van der Waals surface area contributed by atoms with Crippen molar-refractivity contribution in [1.29, 1.82) is 0 Å². The normalized spacial score (nSPS) is 11.1. The van der Waals surface area contributed by atoms with Gasteiger partial charge in [-0.2, -0.15) is 0 Å². The molecule has 0 aliphatic carbocycles. The van der Waals surface area contributed by atoms with Gasteiger partial charge < -0.3 is 14.3 Å². The Labute approximate surface area is 115 Å². The second-order valence-corrected chi connectivity index (χ2v) is 4.63. The van der Waals surface area contributed by atoms with Crippen molar-refractivity contribution in [3.05, 3.63) is 36.2 Å². The van der Waals surface area contributed by atoms with Gasteiger partial charge >= 0.3 is 5.97 Å². The number of aliphatic carboxylic acids is 1. The number of oxazole rings is 1. The number of carbonyl (C=O) groups excluding carboxylic acids is 1. The van der Waals surface area contributed by atoms with E-state index >= 15 is 0 Å². The Balaban J connectivity index is 2.42. The number of rotatable bonds is 5. The highest BCUT2D eigenvalue weighted by molar-refractivity contribution is 5.82. The largest absolute Gasteiger partial charge is 0.478 e. The topological polar surface area (TPSA) is 89.6 Å². The van der Waals surface area contributed by atoms with Gasteiger partial charge in [0.05, 0.1) is 11.8 Å². The zero-order valence-electron chi connectivity index (χ0n) is 11.0. The van der Waals surface area contributed by atoms with Gasteiger partial charge in [0.15, 0.2) is 11.9 Å². The number of carbonyl (C=O) groups is 2. The van der Waals surface area contributed by atoms with E-state index in [0.29, 0.717) is 17.7 Å². The van der Waals surface area contributed by atoms with E-state index in [4.69, 9.17) is 14.3 Å². The molecule has 0 aliphatic rings. The molecule has 0 saturated heterocycles. The SMILES string of the molecule is CC(C)(Oc1cc(-c2ncco2)ccc1C=O)C(=O)O. The molecule has 104 valence electrons. The lowest BCUT2D eigenvalue weighted by Crippen LogP contribution is -2.38. The zero-order chi connectivity index (χ0) is 14.8. The van der Waals surface area contributed by atoms with Crippen LogP contribution in [0.25, 0.3) is 11.5 Å². The summed E-state index contributed by atoms with van der Waals surface area (Å²) in [6.45, 7) is 2.81. The van der Waals surface area contributed by atoms with Crippen molar-refractivity contribution in [3.8, 4) is 17.2 Å². The molecule has 0 saturated carbocycles. The third-order valence-corrected chi connectivity index (χ3v) is 2.70. The van der Waals surface area contributed by atoms with Crippen LogP contribution in [-0.2, 0) is 4.79 Å². The minimum absolute atomic E-state index is 0.170. The minimum atomic E-state index is -1.45. The van der Waals surface area contributed by atoms with Crippen LogP contribution in [0.2, 0.25) is 0 Å². The predicted octanol–water partition coefficient (Wildman–Crippen LogP) is 2.40. The predicted molar refractivity (Wildman–Crippen MR) is 69.7 cm³/mol. The molecular weight excluding hydrogens is 262 g/mol. The number of hydrogen-bond donors (Lipinski definition) is 1. The average Bonchev–Trinajstić information content (AvgIpc) is 2.92. The number of carboxylic acids is 1. The van der Waals surface area contributed by atoms with E-state index in [9.17, 15) is 9.59 Å². The highest BCUT2D eigenvalue weighted by Crippen LogP contribution is 2.28. The molecule has 6 nitrogen and oxygen atoms in total. The van der Waals surface area contributed by atoms with Crippen LogP contribution in [0.15, 0.2) is 35.1 Å². The maximum atomic E-state index is 11.1. The van der Waals surface area contributed by atoms with Crippen LogP contribution in [-0.4, -0.2) is 27.9 Å². The molecule has 1 aromatic carbocycles. The molecule has 1 N–H and O–H groups in total. The van der Waals surface area contributed by atoms with Gasteiger partial charge in [0.2, 0.25) is 5.89 Å². The number of aldehydes is 1. The summed E-state index contributed by atoms with van der Waals surface area (Å²) < 4.78 is 10.6. The van der Waals surface area contributed by atoms with Crippen molar-refractivity contribution >= 4 is 12.3 Å². The maximum Gasteiger partial charge on any atom is 0.347 e. The van der Waals surface area contributed by atoms with Crippen LogP contribution in [0, 0.1) is 0 Å². The quantitative estimate of drug-likeness (QED) is 0.843. The Bertz CT molecular complexity index is 631. The Kier molecular flexibility index (Phi) is 3.56. The van der Waals surface area contributed by atoms with Crippen LogP contribution < -0.4 is 4.74 Å². The molecule has 0 unspecified atom stereocenters. The van der Waals surface area contributed by atoms with Crippen molar-refractivity contribution in [3.63, 3.8) is 0 Å². The van der Waals surface area contributed by atoms with Gasteiger partial charge in [-0.15, -0.1) is 0 Å². The first-order valence-corrected chi connectivity index (χ1v) is 5.85. The molecule has 1 aromatic heterocycles. The zero-order valence-corrected chi connectivity index (χ0v) is 11.0. The molecular formula is C14H13NO5. The number of aromatic nitrogens is 1. The molecule has 0 atom stereocenters. The summed E-state index contributed by atoms with van der Waals surface area (Å²) in [6, 6.07) is 4.70. The lowest BCUT2D eigenvalue weighted by Gasteiger charge is -2.22. The summed E-state index contributed by atoms with van der Waals surface area (Å²) in [5.74, 6) is -0.598. The van der Waals surface area contributed by atoms with Crippen LogP contribution >= 0.6 is 0 Å². The number of hydrogen-bond acceptors (Lipinski definition) is 5. The average molecular weight is 275 g/mol. The van der Waals surface area contributed by atoms with E-state index in [0.717, 1.165) is 0 Å². The number of nitrogens with zero attached hydrogens (tertiary/aromatic N) is 1. The van der Waals surface area contributed by atoms with Crippen LogP contribution in [0.3, 0.4) is 0 Å². The lowest BCUT2D eigenvalue weighted by molar-refractivity contribution is -0.152. The summed E-state index contributed by atoms with van der Waals surface area (Å²) in [7, 11) is 0. The molecule has 20 heavy (non-hydrogen) atoms. The molecule has 0 amide bonds. The monoisotopic (exact) mass is 275 g/mol. The van der Waals surface area contributed by atoms with E-state index in [1.54, 1.807) is 6.07 Å². The summed E-state index contributed by atoms with van der Waals surface area (Å²) in [5.41, 5.74) is -0.598. The summed E-state index contributed by atoms with van der Waals surface area (Å²) in [4.78, 5) is 26.1. The van der Waals surface area contributed by atoms with Crippen molar-refractivity contribution in [2.75, 3.05) is 0 Å². The van der Waals surface area contributed by atoms with Crippen molar-refractivity contribution < 1.29 is 23.8 Å². The van der Waals surface area contributed by atoms with Gasteiger partial charge in [-0.1, -0.05) is 0 Å². The highest BCUT2D eigenvalue weighted by atomic mass is 16.5. The van der Waals surface area contributed by atoms with E-state index in [2.05, 4.69) is 4.98 Å². The fourth-order valence-electron chi connectivity index (χ4n) is 1.54. The van der Waals surface area contributed by atoms with Crippen molar-refractivity contribution in [1.82, 2.24) is 4.98 Å². The van der Waals surface area contributed by atoms with Gasteiger partial charge in [-0.05, 0) is 32.0 Å². The van der Waals surface area contributed by atoms with Crippen molar-refractivity contribution in [2.45, 2.75) is 19.4 Å². The van der Waals surface area contributed by atoms with Crippen LogP contribution in [0.1, 0.15) is 24.2 Å². The first kappa shape index (κ1) is 13.8. The second-order valence-electron chi connectivity index (χ2n) is 4.63. The summed E-state index contributed by atoms with van der Waals surface area (Å²) in [6.07, 6.45) is 3.52. The van der Waals surface area contributed by atoms with Gasteiger partial charge in [-0.3, -0.25) is 4.79 Å². The first-order chi connectivity index (χ1) is 9.44. The minimum Gasteiger partial charge on any atom is -0.478 e. The Hall–Kier alpha value is -2.63. The molecule has 0 bridgehead atoms. The van der Waals surface area contributed by atoms with Crippen LogP contribution in [0.5, 0.6) is 5.75 Å². The van der Waals surface area contributed by atoms with Gasteiger partial charge in [0, 0.05) is 5.56 Å². The molecule has 2 rings (SSSR count). The fourth-order valence-corrected chi connectivity index (χ4v) is 1.54. The number of carboxylic acid groups (broad SMARTS) is 1. The Morgan fingerprint density at radius 3 is 2.75 bits per heavy atom. The number of ether oxygens (including phenoxy) is 1. The Morgan fingerprint density at radius 2 is 2.20 bits per heavy atom. The van der Waals surface area contributed by atoms with Crippen LogP contribution in [0.4, 0.5) is 0 Å². The third-order valence-electron chi connectivity index (χ3n) is 2.70. The smallest absolute Gasteiger partial charge is 0.347 e. The van der Waals surface area contributed by atoms with Gasteiger partial charge in [-0.25, -0.2) is 9.78 Å². The first-order valence-electron chi connectivity index (χ1n) is 5.85. The standard InChI is InChI=1S/C14H13NO5/c1-14(2,13(17)18)20-11-7-9(3-4-10(11)8-16)12-15-5-6-19-12/h3-8H,1-2H3,(H,17,18). The van der Waals surface area contributed by atoms with Gasteiger partial charge in [0.25, 0.3) is 0 Å². The fraction of sp³-hybridized carbons (Fsp3) is 0.214. The molecule has 0 aliphatic heterocycles. The van der Waals surface area contributed by atoms with E-state index in [1.165, 1.54) is 38.4 Å². The second kappa shape index (κ2) is 5.16. The number of benzene rings is 1. The molecule has 0 radical (unpaired) electrons. The van der Waals surface area contributed by atoms with E-state index in [1.807, 2.05) is 0 Å². The maximum absolute atomic E-state index is 11.1. The molecule has 1 heterocycles. The van der Waals surface area contributed by atoms with Crippen molar-refractivity contribution in [2.24, 2.45) is 0 Å². The molecule has 0 fully saturated rings. The summed E-state index contributed by atoms with van der Waals surface area (Å²) >= 11 is 0. The third kappa shape index (κ3) is 2.69. The molecule has 6 heteroatoms.